The molecule has 0 spiro atoms. The van der Waals surface area contributed by atoms with Gasteiger partial charge in [-0.05, 0) is 49.9 Å². The summed E-state index contributed by atoms with van der Waals surface area (Å²) in [6.07, 6.45) is 0.675. The quantitative estimate of drug-likeness (QED) is 0.413. The molecule has 0 unspecified atom stereocenters. The van der Waals surface area contributed by atoms with Crippen molar-refractivity contribution < 1.29 is 18.0 Å². The number of sulfonamides is 1. The molecule has 2 N–H and O–H groups in total. The van der Waals surface area contributed by atoms with Crippen molar-refractivity contribution in [3.63, 3.8) is 0 Å². The van der Waals surface area contributed by atoms with Crippen LogP contribution in [0.3, 0.4) is 0 Å². The Balaban J connectivity index is 2.12. The van der Waals surface area contributed by atoms with Gasteiger partial charge in [0.25, 0.3) is 5.91 Å². The van der Waals surface area contributed by atoms with Gasteiger partial charge >= 0.3 is 0 Å². The molecule has 0 aliphatic heterocycles. The number of hydrogen-bond acceptors (Lipinski definition) is 6. The first kappa shape index (κ1) is 26.8. The zero-order chi connectivity index (χ0) is 24.4. The highest BCUT2D eigenvalue weighted by molar-refractivity contribution is 7.89. The highest BCUT2D eigenvalue weighted by Crippen LogP contribution is 2.30. The van der Waals surface area contributed by atoms with E-state index < -0.39 is 10.0 Å². The Labute approximate surface area is 201 Å². The second-order valence-electron chi connectivity index (χ2n) is 7.36. The van der Waals surface area contributed by atoms with Gasteiger partial charge in [0.05, 0.1) is 16.3 Å². The van der Waals surface area contributed by atoms with Gasteiger partial charge in [0, 0.05) is 50.1 Å². The molecule has 0 saturated heterocycles. The average molecular weight is 495 g/mol. The molecule has 10 heteroatoms. The topological polar surface area (TPSA) is 98.8 Å². The van der Waals surface area contributed by atoms with Crippen LogP contribution >= 0.6 is 11.3 Å². The van der Waals surface area contributed by atoms with Crippen LogP contribution in [0.4, 0.5) is 11.4 Å². The number of hydrogen-bond donors (Lipinski definition) is 2. The maximum Gasteiger partial charge on any atom is 0.252 e. The first-order chi connectivity index (χ1) is 15.8. The Bertz CT molecular complexity index is 1020. The van der Waals surface area contributed by atoms with E-state index in [2.05, 4.69) is 15.5 Å². The highest BCUT2D eigenvalue weighted by Gasteiger charge is 2.24. The van der Waals surface area contributed by atoms with E-state index in [1.807, 2.05) is 19.2 Å². The summed E-state index contributed by atoms with van der Waals surface area (Å²) in [7, 11) is -3.65. The van der Waals surface area contributed by atoms with Gasteiger partial charge in [0.15, 0.2) is 0 Å². The molecule has 1 heterocycles. The van der Waals surface area contributed by atoms with E-state index in [1.165, 1.54) is 21.7 Å². The van der Waals surface area contributed by atoms with Crippen molar-refractivity contribution in [2.45, 2.75) is 45.4 Å². The van der Waals surface area contributed by atoms with Gasteiger partial charge in [-0.1, -0.05) is 13.8 Å². The molecule has 33 heavy (non-hydrogen) atoms. The molecular weight excluding hydrogens is 460 g/mol. The molecule has 2 aromatic rings. The van der Waals surface area contributed by atoms with E-state index in [4.69, 9.17) is 0 Å². The lowest BCUT2D eigenvalue weighted by atomic mass is 10.2. The molecule has 0 atom stereocenters. The largest absolute Gasteiger partial charge is 0.370 e. The predicted octanol–water partition coefficient (Wildman–Crippen LogP) is 3.77. The van der Waals surface area contributed by atoms with Crippen molar-refractivity contribution >= 4 is 44.5 Å². The molecule has 0 aliphatic carbocycles. The van der Waals surface area contributed by atoms with Crippen molar-refractivity contribution in [2.24, 2.45) is 0 Å². The van der Waals surface area contributed by atoms with Crippen LogP contribution in [0.2, 0.25) is 0 Å². The fourth-order valence-electron chi connectivity index (χ4n) is 3.49. The third-order valence-electron chi connectivity index (χ3n) is 5.34. The molecular formula is C23H34N4O4S2. The third-order valence-corrected chi connectivity index (χ3v) is 8.07. The SMILES string of the molecule is CCN(CC)c1ccc(S(=O)(=O)N(CC)CC)cc1NC(=O)CCCNC(=O)c1ccsc1. The van der Waals surface area contributed by atoms with Gasteiger partial charge in [-0.3, -0.25) is 9.59 Å². The third kappa shape index (κ3) is 7.02. The summed E-state index contributed by atoms with van der Waals surface area (Å²) in [5.41, 5.74) is 1.86. The number of thiophene rings is 1. The minimum atomic E-state index is -3.65. The molecule has 0 fully saturated rings. The maximum atomic E-state index is 13.0. The standard InChI is InChI=1S/C23H34N4O4S2/c1-5-26(6-2)21-12-11-19(33(30,31)27(7-3)8-4)16-20(21)25-22(28)10-9-14-24-23(29)18-13-15-32-17-18/h11-13,15-17H,5-10,14H2,1-4H3,(H,24,29)(H,25,28). The van der Waals surface area contributed by atoms with Crippen LogP contribution in [-0.2, 0) is 14.8 Å². The Hall–Kier alpha value is -2.43. The normalized spacial score (nSPS) is 11.4. The summed E-state index contributed by atoms with van der Waals surface area (Å²) >= 11 is 1.45. The minimum Gasteiger partial charge on any atom is -0.370 e. The second kappa shape index (κ2) is 12.7. The van der Waals surface area contributed by atoms with Crippen molar-refractivity contribution in [3.05, 3.63) is 40.6 Å². The summed E-state index contributed by atoms with van der Waals surface area (Å²) in [5, 5.41) is 9.30. The Kier molecular flexibility index (Phi) is 10.3. The molecule has 2 amide bonds. The van der Waals surface area contributed by atoms with Gasteiger partial charge in [0.2, 0.25) is 15.9 Å². The summed E-state index contributed by atoms with van der Waals surface area (Å²) in [6, 6.07) is 6.63. The molecule has 0 aliphatic rings. The van der Waals surface area contributed by atoms with E-state index in [9.17, 15) is 18.0 Å². The summed E-state index contributed by atoms with van der Waals surface area (Å²) in [4.78, 5) is 26.8. The monoisotopic (exact) mass is 494 g/mol. The van der Waals surface area contributed by atoms with E-state index in [0.717, 1.165) is 18.8 Å². The van der Waals surface area contributed by atoms with E-state index in [1.54, 1.807) is 37.4 Å². The average Bonchev–Trinajstić information content (AvgIpc) is 3.34. The fraction of sp³-hybridized carbons (Fsp3) is 0.478. The van der Waals surface area contributed by atoms with Crippen molar-refractivity contribution in [3.8, 4) is 0 Å². The lowest BCUT2D eigenvalue weighted by molar-refractivity contribution is -0.116. The number of nitrogens with zero attached hydrogens (tertiary/aromatic N) is 2. The van der Waals surface area contributed by atoms with Crippen LogP contribution in [0.1, 0.15) is 50.9 Å². The lowest BCUT2D eigenvalue weighted by Crippen LogP contribution is -2.31. The minimum absolute atomic E-state index is 0.153. The zero-order valence-electron chi connectivity index (χ0n) is 19.8. The molecule has 8 nitrogen and oxygen atoms in total. The van der Waals surface area contributed by atoms with E-state index in [-0.39, 0.29) is 23.1 Å². The number of rotatable bonds is 13. The van der Waals surface area contributed by atoms with Gasteiger partial charge in [-0.2, -0.15) is 15.6 Å². The first-order valence-electron chi connectivity index (χ1n) is 11.3. The van der Waals surface area contributed by atoms with Gasteiger partial charge in [-0.15, -0.1) is 0 Å². The summed E-state index contributed by atoms with van der Waals surface area (Å²) in [5.74, 6) is -0.389. The molecule has 182 valence electrons. The smallest absolute Gasteiger partial charge is 0.252 e. The number of carbonyl (C=O) groups is 2. The van der Waals surface area contributed by atoms with Crippen LogP contribution in [0.5, 0.6) is 0 Å². The number of benzene rings is 1. The Morgan fingerprint density at radius 2 is 1.70 bits per heavy atom. The fourth-order valence-corrected chi connectivity index (χ4v) is 5.61. The van der Waals surface area contributed by atoms with E-state index in [0.29, 0.717) is 37.3 Å². The molecule has 0 saturated carbocycles. The molecule has 0 bridgehead atoms. The highest BCUT2D eigenvalue weighted by atomic mass is 32.2. The number of carbonyl (C=O) groups excluding carboxylic acids is 2. The lowest BCUT2D eigenvalue weighted by Gasteiger charge is -2.26. The van der Waals surface area contributed by atoms with Gasteiger partial charge < -0.3 is 15.5 Å². The van der Waals surface area contributed by atoms with Crippen molar-refractivity contribution in [1.29, 1.82) is 0 Å². The van der Waals surface area contributed by atoms with Crippen LogP contribution in [0.15, 0.2) is 39.9 Å². The van der Waals surface area contributed by atoms with Gasteiger partial charge in [-0.25, -0.2) is 8.42 Å². The molecule has 2 rings (SSSR count). The number of amides is 2. The van der Waals surface area contributed by atoms with Crippen LogP contribution in [0, 0.1) is 0 Å². The Morgan fingerprint density at radius 1 is 1.00 bits per heavy atom. The molecule has 1 aromatic heterocycles. The van der Waals surface area contributed by atoms with Crippen molar-refractivity contribution in [1.82, 2.24) is 9.62 Å². The zero-order valence-corrected chi connectivity index (χ0v) is 21.4. The number of anilines is 2. The second-order valence-corrected chi connectivity index (χ2v) is 10.1. The summed E-state index contributed by atoms with van der Waals surface area (Å²) in [6.45, 7) is 10.2. The van der Waals surface area contributed by atoms with Crippen LogP contribution in [-0.4, -0.2) is 57.3 Å². The van der Waals surface area contributed by atoms with Crippen LogP contribution in [0.25, 0.3) is 0 Å². The Morgan fingerprint density at radius 3 is 2.27 bits per heavy atom. The van der Waals surface area contributed by atoms with E-state index >= 15 is 0 Å². The first-order valence-corrected chi connectivity index (χ1v) is 13.7. The molecule has 1 aromatic carbocycles. The van der Waals surface area contributed by atoms with Crippen molar-refractivity contribution in [2.75, 3.05) is 42.9 Å². The predicted molar refractivity (Wildman–Crippen MR) is 135 cm³/mol. The number of nitrogens with one attached hydrogen (secondary N) is 2. The summed E-state index contributed by atoms with van der Waals surface area (Å²) < 4.78 is 27.4. The van der Waals surface area contributed by atoms with Crippen LogP contribution < -0.4 is 15.5 Å². The molecule has 0 radical (unpaired) electrons. The van der Waals surface area contributed by atoms with Gasteiger partial charge in [0.1, 0.15) is 0 Å². The maximum absolute atomic E-state index is 13.0.